The second-order valence-electron chi connectivity index (χ2n) is 6.69. The third-order valence-electron chi connectivity index (χ3n) is 4.92. The molecule has 4 N–H and O–H groups in total. The lowest BCUT2D eigenvalue weighted by Crippen LogP contribution is -2.51. The van der Waals surface area contributed by atoms with Gasteiger partial charge in [0.1, 0.15) is 0 Å². The Labute approximate surface area is 117 Å². The first-order valence-electron chi connectivity index (χ1n) is 7.48. The van der Waals surface area contributed by atoms with Crippen molar-refractivity contribution in [1.82, 2.24) is 5.32 Å². The zero-order valence-electron chi connectivity index (χ0n) is 12.8. The minimum atomic E-state index is -0.291. The third kappa shape index (κ3) is 4.18. The van der Waals surface area contributed by atoms with Crippen LogP contribution in [0.2, 0.25) is 0 Å². The normalized spacial score (nSPS) is 31.8. The number of hydrogen-bond donors (Lipinski definition) is 3. The summed E-state index contributed by atoms with van der Waals surface area (Å²) in [5, 5.41) is 12.2. The molecule has 0 bridgehead atoms. The van der Waals surface area contributed by atoms with E-state index in [4.69, 9.17) is 5.73 Å². The molecule has 1 rings (SSSR count). The molecule has 0 aromatic rings. The molecule has 0 radical (unpaired) electrons. The van der Waals surface area contributed by atoms with E-state index in [1.807, 2.05) is 0 Å². The maximum Gasteiger partial charge on any atom is 0.223 e. The summed E-state index contributed by atoms with van der Waals surface area (Å²) in [5.74, 6) is 0.553. The van der Waals surface area contributed by atoms with Gasteiger partial charge in [-0.3, -0.25) is 4.79 Å². The van der Waals surface area contributed by atoms with E-state index < -0.39 is 0 Å². The maximum absolute atomic E-state index is 12.3. The van der Waals surface area contributed by atoms with E-state index in [0.717, 1.165) is 25.7 Å². The van der Waals surface area contributed by atoms with E-state index in [2.05, 4.69) is 26.1 Å². The van der Waals surface area contributed by atoms with Crippen LogP contribution in [-0.4, -0.2) is 29.7 Å². The Morgan fingerprint density at radius 2 is 2.11 bits per heavy atom. The number of carbonyl (C=O) groups is 1. The summed E-state index contributed by atoms with van der Waals surface area (Å²) in [6.45, 7) is 8.87. The molecule has 1 aliphatic carbocycles. The highest BCUT2D eigenvalue weighted by Gasteiger charge is 2.44. The summed E-state index contributed by atoms with van der Waals surface area (Å²) < 4.78 is 0. The van der Waals surface area contributed by atoms with Gasteiger partial charge in [-0.25, -0.2) is 0 Å². The fraction of sp³-hybridized carbons (Fsp3) is 0.933. The quantitative estimate of drug-likeness (QED) is 0.665. The molecule has 0 aromatic heterocycles. The lowest BCUT2D eigenvalue weighted by molar-refractivity contribution is -0.132. The molecule has 1 aliphatic rings. The molecule has 0 heterocycles. The highest BCUT2D eigenvalue weighted by molar-refractivity contribution is 5.79. The average Bonchev–Trinajstić information content (AvgIpc) is 2.31. The Bertz CT molecular complexity index is 303. The smallest absolute Gasteiger partial charge is 0.223 e. The zero-order chi connectivity index (χ0) is 14.6. The number of carbonyl (C=O) groups excluding carboxylic acids is 1. The number of nitrogens with one attached hydrogen (secondary N) is 1. The molecule has 112 valence electrons. The minimum absolute atomic E-state index is 0.0496. The van der Waals surface area contributed by atoms with Crippen molar-refractivity contribution in [2.24, 2.45) is 23.0 Å². The Hall–Kier alpha value is -0.610. The Kier molecular flexibility index (Phi) is 5.81. The van der Waals surface area contributed by atoms with Gasteiger partial charge in [-0.15, -0.1) is 0 Å². The van der Waals surface area contributed by atoms with Crippen molar-refractivity contribution in [2.45, 2.75) is 65.5 Å². The number of amides is 1. The summed E-state index contributed by atoms with van der Waals surface area (Å²) in [7, 11) is 0. The molecule has 0 spiro atoms. The van der Waals surface area contributed by atoms with E-state index in [9.17, 15) is 9.90 Å². The molecule has 0 aromatic carbocycles. The van der Waals surface area contributed by atoms with Crippen LogP contribution in [0.3, 0.4) is 0 Å². The van der Waals surface area contributed by atoms with Crippen LogP contribution in [0.4, 0.5) is 0 Å². The first kappa shape index (κ1) is 16.4. The number of aliphatic hydroxyl groups excluding tert-OH is 1. The highest BCUT2D eigenvalue weighted by Crippen LogP contribution is 2.44. The number of hydrogen-bond acceptors (Lipinski definition) is 3. The van der Waals surface area contributed by atoms with Gasteiger partial charge in [-0.1, -0.05) is 20.8 Å². The van der Waals surface area contributed by atoms with Gasteiger partial charge >= 0.3 is 0 Å². The topological polar surface area (TPSA) is 75.3 Å². The van der Waals surface area contributed by atoms with Gasteiger partial charge < -0.3 is 16.2 Å². The molecule has 0 saturated heterocycles. The summed E-state index contributed by atoms with van der Waals surface area (Å²) in [6.07, 6.45) is 3.07. The molecule has 4 unspecified atom stereocenters. The van der Waals surface area contributed by atoms with Gasteiger partial charge in [0.2, 0.25) is 5.91 Å². The second kappa shape index (κ2) is 6.71. The summed E-state index contributed by atoms with van der Waals surface area (Å²) in [5.41, 5.74) is 6.06. The largest absolute Gasteiger partial charge is 0.393 e. The first-order valence-corrected chi connectivity index (χ1v) is 7.48. The molecule has 1 amide bonds. The Morgan fingerprint density at radius 1 is 1.47 bits per heavy atom. The van der Waals surface area contributed by atoms with E-state index in [0.29, 0.717) is 12.5 Å². The van der Waals surface area contributed by atoms with Gasteiger partial charge in [-0.05, 0) is 43.9 Å². The lowest BCUT2D eigenvalue weighted by atomic mass is 9.61. The average molecular weight is 270 g/mol. The molecule has 1 saturated carbocycles. The van der Waals surface area contributed by atoms with Crippen molar-refractivity contribution >= 4 is 5.91 Å². The molecule has 19 heavy (non-hydrogen) atoms. The van der Waals surface area contributed by atoms with E-state index in [-0.39, 0.29) is 29.4 Å². The predicted octanol–water partition coefficient (Wildman–Crippen LogP) is 1.66. The molecule has 4 nitrogen and oxygen atoms in total. The Morgan fingerprint density at radius 3 is 2.68 bits per heavy atom. The van der Waals surface area contributed by atoms with Crippen molar-refractivity contribution in [1.29, 1.82) is 0 Å². The van der Waals surface area contributed by atoms with Crippen LogP contribution in [0.25, 0.3) is 0 Å². The van der Waals surface area contributed by atoms with E-state index >= 15 is 0 Å². The van der Waals surface area contributed by atoms with Gasteiger partial charge in [0.25, 0.3) is 0 Å². The van der Waals surface area contributed by atoms with Gasteiger partial charge in [-0.2, -0.15) is 0 Å². The van der Waals surface area contributed by atoms with E-state index in [1.165, 1.54) is 0 Å². The van der Waals surface area contributed by atoms with Crippen LogP contribution < -0.4 is 11.1 Å². The summed E-state index contributed by atoms with van der Waals surface area (Å²) >= 11 is 0. The SMILES string of the molecule is CC(O)CCCNC(=O)C1CCC(N)C(C)C1(C)C. The molecular weight excluding hydrogens is 240 g/mol. The molecule has 0 aliphatic heterocycles. The minimum Gasteiger partial charge on any atom is -0.393 e. The zero-order valence-corrected chi connectivity index (χ0v) is 12.8. The van der Waals surface area contributed by atoms with Crippen molar-refractivity contribution in [2.75, 3.05) is 6.54 Å². The summed E-state index contributed by atoms with van der Waals surface area (Å²) in [4.78, 5) is 12.3. The lowest BCUT2D eigenvalue weighted by Gasteiger charge is -2.46. The van der Waals surface area contributed by atoms with Crippen LogP contribution in [0.5, 0.6) is 0 Å². The van der Waals surface area contributed by atoms with Gasteiger partial charge in [0.05, 0.1) is 6.10 Å². The third-order valence-corrected chi connectivity index (χ3v) is 4.92. The number of rotatable bonds is 5. The van der Waals surface area contributed by atoms with Gasteiger partial charge in [0, 0.05) is 18.5 Å². The standard InChI is InChI=1S/C15H30N2O2/c1-10(18)6-5-9-17-14(19)12-7-8-13(16)11(2)15(12,3)4/h10-13,18H,5-9,16H2,1-4H3,(H,17,19). The second-order valence-corrected chi connectivity index (χ2v) is 6.69. The fourth-order valence-corrected chi connectivity index (χ4v) is 3.05. The predicted molar refractivity (Wildman–Crippen MR) is 77.6 cm³/mol. The number of aliphatic hydroxyl groups is 1. The van der Waals surface area contributed by atoms with Gasteiger partial charge in [0.15, 0.2) is 0 Å². The Balaban J connectivity index is 2.47. The summed E-state index contributed by atoms with van der Waals surface area (Å²) in [6, 6.07) is 0.203. The van der Waals surface area contributed by atoms with Crippen LogP contribution in [0, 0.1) is 17.3 Å². The molecular formula is C15H30N2O2. The van der Waals surface area contributed by atoms with Crippen LogP contribution in [0.15, 0.2) is 0 Å². The monoisotopic (exact) mass is 270 g/mol. The van der Waals surface area contributed by atoms with Crippen LogP contribution in [0.1, 0.15) is 53.4 Å². The highest BCUT2D eigenvalue weighted by atomic mass is 16.3. The van der Waals surface area contributed by atoms with Crippen LogP contribution in [-0.2, 0) is 4.79 Å². The molecule has 1 fully saturated rings. The van der Waals surface area contributed by atoms with Crippen molar-refractivity contribution in [3.63, 3.8) is 0 Å². The van der Waals surface area contributed by atoms with Crippen LogP contribution >= 0.6 is 0 Å². The van der Waals surface area contributed by atoms with Crippen molar-refractivity contribution in [3.8, 4) is 0 Å². The van der Waals surface area contributed by atoms with Crippen molar-refractivity contribution in [3.05, 3.63) is 0 Å². The first-order chi connectivity index (χ1) is 8.76. The maximum atomic E-state index is 12.3. The number of nitrogens with two attached hydrogens (primary N) is 1. The molecule has 4 heteroatoms. The van der Waals surface area contributed by atoms with Crippen molar-refractivity contribution < 1.29 is 9.90 Å². The van der Waals surface area contributed by atoms with E-state index in [1.54, 1.807) is 6.92 Å². The molecule has 4 atom stereocenters. The fourth-order valence-electron chi connectivity index (χ4n) is 3.05.